The van der Waals surface area contributed by atoms with E-state index in [1.807, 2.05) is 13.8 Å². The zero-order valence-electron chi connectivity index (χ0n) is 7.95. The highest BCUT2D eigenvalue weighted by Gasteiger charge is 2.11. The summed E-state index contributed by atoms with van der Waals surface area (Å²) in [5.74, 6) is -0.363. The van der Waals surface area contributed by atoms with Crippen molar-refractivity contribution in [3.05, 3.63) is 11.4 Å². The van der Waals surface area contributed by atoms with E-state index in [9.17, 15) is 4.79 Å². The van der Waals surface area contributed by atoms with Crippen molar-refractivity contribution in [1.82, 2.24) is 15.0 Å². The summed E-state index contributed by atoms with van der Waals surface area (Å²) in [6.07, 6.45) is 1.01. The lowest BCUT2D eigenvalue weighted by molar-refractivity contribution is -0.117. The Morgan fingerprint density at radius 3 is 2.69 bits per heavy atom. The van der Waals surface area contributed by atoms with Crippen molar-refractivity contribution in [2.75, 3.05) is 0 Å². The summed E-state index contributed by atoms with van der Waals surface area (Å²) in [4.78, 5) is 10.7. The van der Waals surface area contributed by atoms with Crippen LogP contribution in [0.15, 0.2) is 0 Å². The van der Waals surface area contributed by atoms with E-state index in [2.05, 4.69) is 10.3 Å². The highest BCUT2D eigenvalue weighted by Crippen LogP contribution is 2.06. The van der Waals surface area contributed by atoms with Gasteiger partial charge in [-0.2, -0.15) is 0 Å². The van der Waals surface area contributed by atoms with E-state index in [4.69, 9.17) is 5.73 Å². The molecular formula is C8H14N4O. The molecule has 0 aliphatic carbocycles. The van der Waals surface area contributed by atoms with Crippen molar-refractivity contribution in [3.63, 3.8) is 0 Å². The van der Waals surface area contributed by atoms with Crippen LogP contribution in [0.1, 0.15) is 25.2 Å². The fourth-order valence-corrected chi connectivity index (χ4v) is 1.31. The predicted octanol–water partition coefficient (Wildman–Crippen LogP) is -0.112. The molecule has 0 saturated heterocycles. The Labute approximate surface area is 76.9 Å². The molecule has 1 aromatic rings. The number of primary amides is 1. The number of rotatable bonds is 4. The van der Waals surface area contributed by atoms with Crippen molar-refractivity contribution < 1.29 is 4.79 Å². The molecule has 1 amide bonds. The van der Waals surface area contributed by atoms with E-state index in [-0.39, 0.29) is 12.3 Å². The third kappa shape index (κ3) is 2.05. The summed E-state index contributed by atoms with van der Waals surface area (Å²) in [5.41, 5.74) is 6.79. The molecule has 5 nitrogen and oxygen atoms in total. The van der Waals surface area contributed by atoms with Crippen LogP contribution < -0.4 is 5.73 Å². The molecule has 0 unspecified atom stereocenters. The lowest BCUT2D eigenvalue weighted by Gasteiger charge is -2.00. The Kier molecular flexibility index (Phi) is 3.00. The Morgan fingerprint density at radius 1 is 1.54 bits per heavy atom. The molecule has 1 aromatic heterocycles. The molecule has 1 heterocycles. The highest BCUT2D eigenvalue weighted by molar-refractivity contribution is 5.76. The second-order valence-electron chi connectivity index (χ2n) is 2.80. The van der Waals surface area contributed by atoms with Gasteiger partial charge in [0.1, 0.15) is 0 Å². The second-order valence-corrected chi connectivity index (χ2v) is 2.80. The minimum Gasteiger partial charge on any atom is -0.369 e. The van der Waals surface area contributed by atoms with E-state index in [0.29, 0.717) is 5.69 Å². The summed E-state index contributed by atoms with van der Waals surface area (Å²) >= 11 is 0. The molecule has 5 heteroatoms. The van der Waals surface area contributed by atoms with Crippen LogP contribution in [0, 0.1) is 0 Å². The largest absolute Gasteiger partial charge is 0.369 e. The Bertz CT molecular complexity index is 305. The van der Waals surface area contributed by atoms with Crippen LogP contribution in [0.5, 0.6) is 0 Å². The van der Waals surface area contributed by atoms with Gasteiger partial charge in [-0.15, -0.1) is 5.10 Å². The molecule has 0 atom stereocenters. The minimum atomic E-state index is -0.363. The van der Waals surface area contributed by atoms with Crippen molar-refractivity contribution in [2.24, 2.45) is 5.73 Å². The number of aromatic nitrogens is 3. The number of carbonyl (C=O) groups excluding carboxylic acids is 1. The molecule has 0 fully saturated rings. The third-order valence-corrected chi connectivity index (χ3v) is 1.89. The number of hydrogen-bond donors (Lipinski definition) is 1. The summed E-state index contributed by atoms with van der Waals surface area (Å²) in [7, 11) is 0. The van der Waals surface area contributed by atoms with Gasteiger partial charge in [-0.1, -0.05) is 12.1 Å². The number of carbonyl (C=O) groups is 1. The normalized spacial score (nSPS) is 10.3. The topological polar surface area (TPSA) is 73.8 Å². The van der Waals surface area contributed by atoms with Crippen LogP contribution in [-0.2, 0) is 24.2 Å². The quantitative estimate of drug-likeness (QED) is 0.706. The molecule has 1 rings (SSSR count). The average Bonchev–Trinajstić information content (AvgIpc) is 2.45. The van der Waals surface area contributed by atoms with Gasteiger partial charge >= 0.3 is 0 Å². The molecule has 0 bridgehead atoms. The van der Waals surface area contributed by atoms with Crippen LogP contribution >= 0.6 is 0 Å². The van der Waals surface area contributed by atoms with Gasteiger partial charge in [0.2, 0.25) is 5.91 Å². The van der Waals surface area contributed by atoms with E-state index in [1.54, 1.807) is 4.68 Å². The number of amides is 1. The molecule has 0 radical (unpaired) electrons. The maximum absolute atomic E-state index is 10.7. The Hall–Kier alpha value is -1.39. The zero-order valence-corrected chi connectivity index (χ0v) is 7.95. The fraction of sp³-hybridized carbons (Fsp3) is 0.625. The molecule has 0 saturated carbocycles. The van der Waals surface area contributed by atoms with Gasteiger partial charge in [0.05, 0.1) is 17.8 Å². The summed E-state index contributed by atoms with van der Waals surface area (Å²) in [6.45, 7) is 4.77. The first-order valence-corrected chi connectivity index (χ1v) is 4.38. The number of hydrogen-bond acceptors (Lipinski definition) is 3. The zero-order chi connectivity index (χ0) is 9.84. The smallest absolute Gasteiger partial charge is 0.223 e. The average molecular weight is 182 g/mol. The van der Waals surface area contributed by atoms with E-state index >= 15 is 0 Å². The van der Waals surface area contributed by atoms with Crippen molar-refractivity contribution in [1.29, 1.82) is 0 Å². The van der Waals surface area contributed by atoms with E-state index in [1.165, 1.54) is 0 Å². The number of aryl methyl sites for hydroxylation is 1. The van der Waals surface area contributed by atoms with Crippen molar-refractivity contribution in [2.45, 2.75) is 33.2 Å². The highest BCUT2D eigenvalue weighted by atomic mass is 16.1. The van der Waals surface area contributed by atoms with Gasteiger partial charge < -0.3 is 5.73 Å². The first-order chi connectivity index (χ1) is 6.19. The lowest BCUT2D eigenvalue weighted by Crippen LogP contribution is -2.15. The van der Waals surface area contributed by atoms with Crippen LogP contribution in [0.3, 0.4) is 0 Å². The molecule has 0 aliphatic rings. The molecule has 0 spiro atoms. The van der Waals surface area contributed by atoms with Gasteiger partial charge in [0, 0.05) is 6.54 Å². The first-order valence-electron chi connectivity index (χ1n) is 4.38. The maximum atomic E-state index is 10.7. The summed E-state index contributed by atoms with van der Waals surface area (Å²) in [5, 5.41) is 7.83. The summed E-state index contributed by atoms with van der Waals surface area (Å²) in [6, 6.07) is 0. The fourth-order valence-electron chi connectivity index (χ4n) is 1.31. The molecule has 2 N–H and O–H groups in total. The van der Waals surface area contributed by atoms with Crippen LogP contribution in [0.25, 0.3) is 0 Å². The van der Waals surface area contributed by atoms with Gasteiger partial charge in [0.25, 0.3) is 0 Å². The molecule has 0 aromatic carbocycles. The van der Waals surface area contributed by atoms with Gasteiger partial charge in [-0.25, -0.2) is 4.68 Å². The van der Waals surface area contributed by atoms with E-state index < -0.39 is 0 Å². The Morgan fingerprint density at radius 2 is 2.23 bits per heavy atom. The first kappa shape index (κ1) is 9.70. The maximum Gasteiger partial charge on any atom is 0.223 e. The predicted molar refractivity (Wildman–Crippen MR) is 48.0 cm³/mol. The number of nitrogens with zero attached hydrogens (tertiary/aromatic N) is 3. The van der Waals surface area contributed by atoms with Crippen LogP contribution in [-0.4, -0.2) is 20.9 Å². The molecular weight excluding hydrogens is 168 g/mol. The van der Waals surface area contributed by atoms with Gasteiger partial charge in [-0.3, -0.25) is 4.79 Å². The van der Waals surface area contributed by atoms with Gasteiger partial charge in [-0.05, 0) is 13.3 Å². The summed E-state index contributed by atoms with van der Waals surface area (Å²) < 4.78 is 1.79. The van der Waals surface area contributed by atoms with E-state index in [0.717, 1.165) is 18.7 Å². The minimum absolute atomic E-state index is 0.184. The van der Waals surface area contributed by atoms with Crippen LogP contribution in [0.4, 0.5) is 0 Å². The third-order valence-electron chi connectivity index (χ3n) is 1.89. The molecule has 0 aliphatic heterocycles. The number of nitrogens with two attached hydrogens (primary N) is 1. The monoisotopic (exact) mass is 182 g/mol. The SMILES string of the molecule is CCc1c(CC(N)=O)nnn1CC. The molecule has 72 valence electrons. The van der Waals surface area contributed by atoms with Crippen LogP contribution in [0.2, 0.25) is 0 Å². The lowest BCUT2D eigenvalue weighted by atomic mass is 10.2. The molecule has 13 heavy (non-hydrogen) atoms. The van der Waals surface area contributed by atoms with Crippen molar-refractivity contribution >= 4 is 5.91 Å². The second kappa shape index (κ2) is 4.02. The van der Waals surface area contributed by atoms with Gasteiger partial charge in [0.15, 0.2) is 0 Å². The standard InChI is InChI=1S/C8H14N4O/c1-3-7-6(5-8(9)13)10-11-12(7)4-2/h3-5H2,1-2H3,(H2,9,13). The Balaban J connectivity index is 2.93. The van der Waals surface area contributed by atoms with Crippen molar-refractivity contribution in [3.8, 4) is 0 Å².